The van der Waals surface area contributed by atoms with Gasteiger partial charge in [-0.1, -0.05) is 36.0 Å². The lowest BCUT2D eigenvalue weighted by Gasteiger charge is -2.11. The van der Waals surface area contributed by atoms with Crippen molar-refractivity contribution >= 4 is 28.8 Å². The second kappa shape index (κ2) is 5.80. The molecule has 5 heteroatoms. The molecule has 0 radical (unpaired) electrons. The summed E-state index contributed by atoms with van der Waals surface area (Å²) in [6.07, 6.45) is 1.71. The highest BCUT2D eigenvalue weighted by Gasteiger charge is 2.11. The predicted octanol–water partition coefficient (Wildman–Crippen LogP) is 2.95. The van der Waals surface area contributed by atoms with E-state index in [-0.39, 0.29) is 4.99 Å². The lowest BCUT2D eigenvalue weighted by atomic mass is 10.2. The van der Waals surface area contributed by atoms with E-state index in [4.69, 9.17) is 34.3 Å². The van der Waals surface area contributed by atoms with Crippen molar-refractivity contribution in [1.82, 2.24) is 4.98 Å². The first kappa shape index (κ1) is 12.8. The summed E-state index contributed by atoms with van der Waals surface area (Å²) in [7, 11) is 0. The Morgan fingerprint density at radius 3 is 2.78 bits per heavy atom. The van der Waals surface area contributed by atoms with Crippen LogP contribution in [0.2, 0.25) is 5.02 Å². The Bertz CT molecular complexity index is 560. The van der Waals surface area contributed by atoms with E-state index in [0.29, 0.717) is 22.9 Å². The summed E-state index contributed by atoms with van der Waals surface area (Å²) in [6, 6.07) is 10.9. The minimum Gasteiger partial charge on any atom is -0.487 e. The summed E-state index contributed by atoms with van der Waals surface area (Å²) >= 11 is 11.0. The Labute approximate surface area is 116 Å². The van der Waals surface area contributed by atoms with Crippen LogP contribution >= 0.6 is 23.8 Å². The van der Waals surface area contributed by atoms with Crippen molar-refractivity contribution in [3.8, 4) is 5.75 Å². The van der Waals surface area contributed by atoms with Gasteiger partial charge in [0.2, 0.25) is 0 Å². The number of hydrogen-bond acceptors (Lipinski definition) is 3. The smallest absolute Gasteiger partial charge is 0.131 e. The molecule has 1 aromatic heterocycles. The Kier molecular flexibility index (Phi) is 4.12. The van der Waals surface area contributed by atoms with E-state index in [1.807, 2.05) is 18.2 Å². The van der Waals surface area contributed by atoms with E-state index in [1.54, 1.807) is 24.4 Å². The van der Waals surface area contributed by atoms with Crippen molar-refractivity contribution in [2.45, 2.75) is 6.61 Å². The van der Waals surface area contributed by atoms with Crippen LogP contribution in [0.3, 0.4) is 0 Å². The summed E-state index contributed by atoms with van der Waals surface area (Å²) in [5.41, 5.74) is 7.02. The van der Waals surface area contributed by atoms with Crippen molar-refractivity contribution in [2.75, 3.05) is 0 Å². The Balaban J connectivity index is 2.20. The number of thiocarbonyl (C=S) groups is 1. The standard InChI is InChI=1S/C13H11ClN2OS/c14-10-5-3-6-11(12(10)13(15)18)17-8-9-4-1-2-7-16-9/h1-7H,8H2,(H2,15,18). The molecule has 0 aliphatic rings. The van der Waals surface area contributed by atoms with Crippen molar-refractivity contribution in [3.05, 3.63) is 58.9 Å². The maximum atomic E-state index is 6.04. The number of nitrogens with two attached hydrogens (primary N) is 1. The molecule has 92 valence electrons. The van der Waals surface area contributed by atoms with Gasteiger partial charge in [-0.25, -0.2) is 0 Å². The largest absolute Gasteiger partial charge is 0.487 e. The van der Waals surface area contributed by atoms with Crippen molar-refractivity contribution in [2.24, 2.45) is 5.73 Å². The number of halogens is 1. The molecule has 2 N–H and O–H groups in total. The molecule has 0 bridgehead atoms. The Hall–Kier alpha value is -1.65. The molecule has 2 rings (SSSR count). The molecule has 0 atom stereocenters. The van der Waals surface area contributed by atoms with Crippen molar-refractivity contribution in [3.63, 3.8) is 0 Å². The first-order valence-corrected chi connectivity index (χ1v) is 6.08. The molecule has 0 saturated carbocycles. The molecule has 2 aromatic rings. The number of pyridine rings is 1. The molecule has 0 amide bonds. The SMILES string of the molecule is NC(=S)c1c(Cl)cccc1OCc1ccccn1. The fraction of sp³-hybridized carbons (Fsp3) is 0.0769. The monoisotopic (exact) mass is 278 g/mol. The van der Waals surface area contributed by atoms with Crippen LogP contribution in [0.15, 0.2) is 42.6 Å². The lowest BCUT2D eigenvalue weighted by Crippen LogP contribution is -2.12. The molecule has 0 unspecified atom stereocenters. The second-order valence-corrected chi connectivity index (χ2v) is 4.43. The van der Waals surface area contributed by atoms with E-state index in [1.165, 1.54) is 0 Å². The fourth-order valence-electron chi connectivity index (χ4n) is 1.50. The lowest BCUT2D eigenvalue weighted by molar-refractivity contribution is 0.301. The average Bonchev–Trinajstić information content (AvgIpc) is 2.37. The molecule has 3 nitrogen and oxygen atoms in total. The van der Waals surface area contributed by atoms with Gasteiger partial charge in [-0.15, -0.1) is 0 Å². The third-order valence-electron chi connectivity index (χ3n) is 2.32. The summed E-state index contributed by atoms with van der Waals surface area (Å²) in [4.78, 5) is 4.39. The van der Waals surface area contributed by atoms with E-state index in [2.05, 4.69) is 4.98 Å². The van der Waals surface area contributed by atoms with Crippen LogP contribution in [0.5, 0.6) is 5.75 Å². The summed E-state index contributed by atoms with van der Waals surface area (Å²) in [5.74, 6) is 0.570. The van der Waals surface area contributed by atoms with E-state index < -0.39 is 0 Å². The molecule has 0 fully saturated rings. The number of benzene rings is 1. The van der Waals surface area contributed by atoms with E-state index >= 15 is 0 Å². The zero-order valence-electron chi connectivity index (χ0n) is 9.47. The van der Waals surface area contributed by atoms with Gasteiger partial charge >= 0.3 is 0 Å². The van der Waals surface area contributed by atoms with Gasteiger partial charge < -0.3 is 10.5 Å². The fourth-order valence-corrected chi connectivity index (χ4v) is 2.03. The molecule has 0 aliphatic heterocycles. The van der Waals surface area contributed by atoms with Gasteiger partial charge in [0.25, 0.3) is 0 Å². The van der Waals surface area contributed by atoms with Crippen LogP contribution in [0.1, 0.15) is 11.3 Å². The van der Waals surface area contributed by atoms with Gasteiger partial charge in [-0.05, 0) is 24.3 Å². The van der Waals surface area contributed by atoms with Gasteiger partial charge in [-0.2, -0.15) is 0 Å². The maximum absolute atomic E-state index is 6.04. The Morgan fingerprint density at radius 1 is 1.28 bits per heavy atom. The van der Waals surface area contributed by atoms with E-state index in [0.717, 1.165) is 5.69 Å². The van der Waals surface area contributed by atoms with Crippen LogP contribution in [0.25, 0.3) is 0 Å². The first-order chi connectivity index (χ1) is 8.68. The zero-order valence-corrected chi connectivity index (χ0v) is 11.0. The summed E-state index contributed by atoms with van der Waals surface area (Å²) < 4.78 is 5.65. The van der Waals surface area contributed by atoms with Gasteiger partial charge in [0.15, 0.2) is 0 Å². The highest BCUT2D eigenvalue weighted by molar-refractivity contribution is 7.80. The number of ether oxygens (including phenoxy) is 1. The highest BCUT2D eigenvalue weighted by atomic mass is 35.5. The third-order valence-corrected chi connectivity index (χ3v) is 2.84. The average molecular weight is 279 g/mol. The summed E-state index contributed by atoms with van der Waals surface area (Å²) in [5, 5.41) is 0.487. The van der Waals surface area contributed by atoms with Gasteiger partial charge in [0.1, 0.15) is 17.3 Å². The number of hydrogen-bond donors (Lipinski definition) is 1. The molecule has 1 heterocycles. The normalized spacial score (nSPS) is 10.1. The summed E-state index contributed by atoms with van der Waals surface area (Å²) in [6.45, 7) is 0.344. The molecule has 0 saturated heterocycles. The van der Waals surface area contributed by atoms with E-state index in [9.17, 15) is 0 Å². The highest BCUT2D eigenvalue weighted by Crippen LogP contribution is 2.26. The molecule has 0 aliphatic carbocycles. The van der Waals surface area contributed by atoms with Crippen LogP contribution in [-0.4, -0.2) is 9.97 Å². The van der Waals surface area contributed by atoms with Gasteiger partial charge in [0.05, 0.1) is 16.3 Å². The Morgan fingerprint density at radius 2 is 2.11 bits per heavy atom. The minimum atomic E-state index is 0.219. The third kappa shape index (κ3) is 2.97. The van der Waals surface area contributed by atoms with Crippen LogP contribution < -0.4 is 10.5 Å². The van der Waals surface area contributed by atoms with Crippen LogP contribution in [0, 0.1) is 0 Å². The molecular weight excluding hydrogens is 268 g/mol. The van der Waals surface area contributed by atoms with Gasteiger partial charge in [-0.3, -0.25) is 4.98 Å². The number of rotatable bonds is 4. The molecule has 0 spiro atoms. The predicted molar refractivity (Wildman–Crippen MR) is 75.9 cm³/mol. The van der Waals surface area contributed by atoms with Crippen LogP contribution in [0.4, 0.5) is 0 Å². The minimum absolute atomic E-state index is 0.219. The second-order valence-electron chi connectivity index (χ2n) is 3.59. The first-order valence-electron chi connectivity index (χ1n) is 5.29. The van der Waals surface area contributed by atoms with Crippen LogP contribution in [-0.2, 0) is 6.61 Å². The molecular formula is C13H11ClN2OS. The quantitative estimate of drug-likeness (QED) is 0.874. The molecule has 1 aromatic carbocycles. The topological polar surface area (TPSA) is 48.1 Å². The van der Waals surface area contributed by atoms with Gasteiger partial charge in [0, 0.05) is 6.20 Å². The van der Waals surface area contributed by atoms with Crippen molar-refractivity contribution < 1.29 is 4.74 Å². The number of aromatic nitrogens is 1. The zero-order chi connectivity index (χ0) is 13.0. The molecule has 18 heavy (non-hydrogen) atoms. The maximum Gasteiger partial charge on any atom is 0.131 e. The number of nitrogens with zero attached hydrogens (tertiary/aromatic N) is 1. The van der Waals surface area contributed by atoms with Crippen molar-refractivity contribution in [1.29, 1.82) is 0 Å².